The fraction of sp³-hybridized carbons (Fsp3) is 0.417. The van der Waals surface area contributed by atoms with Crippen molar-refractivity contribution in [1.82, 2.24) is 5.32 Å². The summed E-state index contributed by atoms with van der Waals surface area (Å²) in [7, 11) is 0. The molecular weight excluding hydrogens is 254 g/mol. The summed E-state index contributed by atoms with van der Waals surface area (Å²) in [6, 6.07) is 0.00473. The highest BCUT2D eigenvalue weighted by molar-refractivity contribution is 5.89. The van der Waals surface area contributed by atoms with Crippen molar-refractivity contribution in [1.29, 1.82) is 0 Å². The normalized spacial score (nSPS) is 22.9. The van der Waals surface area contributed by atoms with Crippen molar-refractivity contribution in [3.05, 3.63) is 33.9 Å². The molecule has 7 heteroatoms. The minimum atomic E-state index is -1.27. The number of aromatic carboxylic acids is 1. The van der Waals surface area contributed by atoms with Crippen LogP contribution in [0.25, 0.3) is 0 Å². The van der Waals surface area contributed by atoms with E-state index in [1.165, 1.54) is 0 Å². The molecule has 0 aliphatic carbocycles. The third-order valence-electron chi connectivity index (χ3n) is 3.23. The van der Waals surface area contributed by atoms with Gasteiger partial charge in [0.2, 0.25) is 0 Å². The van der Waals surface area contributed by atoms with Gasteiger partial charge < -0.3 is 19.9 Å². The second-order valence-electron chi connectivity index (χ2n) is 4.39. The largest absolute Gasteiger partial charge is 0.480 e. The highest BCUT2D eigenvalue weighted by Gasteiger charge is 2.34. The van der Waals surface area contributed by atoms with Crippen molar-refractivity contribution in [2.24, 2.45) is 0 Å². The molecule has 3 N–H and O–H groups in total. The smallest absolute Gasteiger partial charge is 0.336 e. The summed E-state index contributed by atoms with van der Waals surface area (Å²) < 4.78 is 4.69. The highest BCUT2D eigenvalue weighted by Crippen LogP contribution is 2.30. The van der Waals surface area contributed by atoms with Crippen LogP contribution in [0, 0.1) is 0 Å². The molecule has 0 saturated carbocycles. The van der Waals surface area contributed by atoms with Gasteiger partial charge in [0, 0.05) is 17.5 Å². The molecule has 0 aromatic carbocycles. The molecule has 19 heavy (non-hydrogen) atoms. The summed E-state index contributed by atoms with van der Waals surface area (Å²) in [4.78, 5) is 33.4. The van der Waals surface area contributed by atoms with Crippen LogP contribution in [0.3, 0.4) is 0 Å². The van der Waals surface area contributed by atoms with E-state index in [2.05, 4.69) is 5.32 Å². The van der Waals surface area contributed by atoms with Gasteiger partial charge in [0.05, 0.1) is 11.8 Å². The molecule has 1 aliphatic rings. The van der Waals surface area contributed by atoms with Crippen molar-refractivity contribution in [3.8, 4) is 0 Å². The lowest BCUT2D eigenvalue weighted by Crippen LogP contribution is -2.46. The average molecular weight is 267 g/mol. The molecule has 1 aromatic heterocycles. The molecule has 0 radical (unpaired) electrons. The Hall–Kier alpha value is -2.15. The Labute approximate surface area is 107 Å². The van der Waals surface area contributed by atoms with E-state index in [0.717, 1.165) is 18.8 Å². The van der Waals surface area contributed by atoms with E-state index in [9.17, 15) is 14.4 Å². The van der Waals surface area contributed by atoms with Crippen molar-refractivity contribution in [3.63, 3.8) is 0 Å². The minimum Gasteiger partial charge on any atom is -0.480 e. The first kappa shape index (κ1) is 13.3. The minimum absolute atomic E-state index is 0.198. The monoisotopic (exact) mass is 267 g/mol. The zero-order valence-corrected chi connectivity index (χ0v) is 9.96. The lowest BCUT2D eigenvalue weighted by Gasteiger charge is -2.30. The number of hydrogen-bond donors (Lipinski definition) is 3. The van der Waals surface area contributed by atoms with E-state index in [0.29, 0.717) is 13.0 Å². The van der Waals surface area contributed by atoms with E-state index in [1.54, 1.807) is 0 Å². The van der Waals surface area contributed by atoms with Gasteiger partial charge in [0.1, 0.15) is 6.04 Å². The Kier molecular flexibility index (Phi) is 3.66. The highest BCUT2D eigenvalue weighted by atomic mass is 16.4. The van der Waals surface area contributed by atoms with Crippen LogP contribution in [0.1, 0.15) is 34.7 Å². The van der Waals surface area contributed by atoms with E-state index in [4.69, 9.17) is 14.6 Å². The SMILES string of the molecule is O=C(O)c1cc(=O)occ1C1CCCNC1C(=O)O. The number of rotatable bonds is 3. The molecule has 2 unspecified atom stereocenters. The number of carbonyl (C=O) groups is 2. The number of aliphatic carboxylic acids is 1. The van der Waals surface area contributed by atoms with Crippen molar-refractivity contribution >= 4 is 11.9 Å². The first-order valence-corrected chi connectivity index (χ1v) is 5.83. The van der Waals surface area contributed by atoms with Gasteiger partial charge in [-0.05, 0) is 19.4 Å². The Balaban J connectivity index is 2.47. The van der Waals surface area contributed by atoms with Crippen LogP contribution in [0.5, 0.6) is 0 Å². The fourth-order valence-electron chi connectivity index (χ4n) is 2.38. The number of piperidine rings is 1. The number of carboxylic acid groups (broad SMARTS) is 2. The van der Waals surface area contributed by atoms with E-state index in [-0.39, 0.29) is 11.1 Å². The standard InChI is InChI=1S/C12H13NO6/c14-9-4-7(11(15)16)8(5-19-9)6-2-1-3-13-10(6)12(17)18/h4-6,10,13H,1-3H2,(H,15,16)(H,17,18). The number of nitrogens with one attached hydrogen (secondary N) is 1. The van der Waals surface area contributed by atoms with Crippen LogP contribution in [0.2, 0.25) is 0 Å². The fourth-order valence-corrected chi connectivity index (χ4v) is 2.38. The molecule has 1 fully saturated rings. The van der Waals surface area contributed by atoms with Gasteiger partial charge in [-0.3, -0.25) is 4.79 Å². The third kappa shape index (κ3) is 2.65. The van der Waals surface area contributed by atoms with Crippen molar-refractivity contribution in [2.45, 2.75) is 24.8 Å². The molecule has 1 aliphatic heterocycles. The van der Waals surface area contributed by atoms with Gasteiger partial charge in [-0.25, -0.2) is 9.59 Å². The van der Waals surface area contributed by atoms with Crippen LogP contribution in [0.15, 0.2) is 21.5 Å². The summed E-state index contributed by atoms with van der Waals surface area (Å²) in [5, 5.41) is 21.1. The van der Waals surface area contributed by atoms with Gasteiger partial charge in [0.15, 0.2) is 0 Å². The Bertz CT molecular complexity index is 564. The summed E-state index contributed by atoms with van der Waals surface area (Å²) in [6.07, 6.45) is 2.31. The van der Waals surface area contributed by atoms with Gasteiger partial charge in [-0.1, -0.05) is 0 Å². The second kappa shape index (κ2) is 5.23. The third-order valence-corrected chi connectivity index (χ3v) is 3.23. The zero-order valence-electron chi connectivity index (χ0n) is 9.96. The van der Waals surface area contributed by atoms with Crippen molar-refractivity contribution < 1.29 is 24.2 Å². The average Bonchev–Trinajstić information content (AvgIpc) is 2.38. The molecule has 7 nitrogen and oxygen atoms in total. The molecule has 0 spiro atoms. The maximum atomic E-state index is 11.2. The molecule has 1 saturated heterocycles. The Morgan fingerprint density at radius 1 is 1.37 bits per heavy atom. The van der Waals surface area contributed by atoms with Gasteiger partial charge in [-0.2, -0.15) is 0 Å². The summed E-state index contributed by atoms with van der Waals surface area (Å²) in [5.41, 5.74) is -0.723. The Morgan fingerprint density at radius 2 is 2.11 bits per heavy atom. The van der Waals surface area contributed by atoms with E-state index < -0.39 is 29.5 Å². The van der Waals surface area contributed by atoms with Crippen LogP contribution >= 0.6 is 0 Å². The van der Waals surface area contributed by atoms with Crippen LogP contribution < -0.4 is 10.9 Å². The first-order chi connectivity index (χ1) is 9.00. The lowest BCUT2D eigenvalue weighted by molar-refractivity contribution is -0.140. The summed E-state index contributed by atoms with van der Waals surface area (Å²) in [5.74, 6) is -2.84. The summed E-state index contributed by atoms with van der Waals surface area (Å²) >= 11 is 0. The number of carboxylic acids is 2. The maximum absolute atomic E-state index is 11.2. The molecule has 2 atom stereocenters. The molecule has 0 amide bonds. The maximum Gasteiger partial charge on any atom is 0.336 e. The molecule has 1 aromatic rings. The molecule has 2 rings (SSSR count). The van der Waals surface area contributed by atoms with Crippen LogP contribution in [-0.2, 0) is 4.79 Å². The van der Waals surface area contributed by atoms with Gasteiger partial charge >= 0.3 is 17.6 Å². The lowest BCUT2D eigenvalue weighted by atomic mass is 9.83. The topological polar surface area (TPSA) is 117 Å². The summed E-state index contributed by atoms with van der Waals surface area (Å²) in [6.45, 7) is 0.562. The van der Waals surface area contributed by atoms with Crippen LogP contribution in [0.4, 0.5) is 0 Å². The first-order valence-electron chi connectivity index (χ1n) is 5.83. The number of hydrogen-bond acceptors (Lipinski definition) is 5. The quantitative estimate of drug-likeness (QED) is 0.719. The second-order valence-corrected chi connectivity index (χ2v) is 4.39. The van der Waals surface area contributed by atoms with Crippen molar-refractivity contribution in [2.75, 3.05) is 6.54 Å². The molecule has 2 heterocycles. The zero-order chi connectivity index (χ0) is 14.0. The van der Waals surface area contributed by atoms with E-state index >= 15 is 0 Å². The van der Waals surface area contributed by atoms with Gasteiger partial charge in [0.25, 0.3) is 0 Å². The Morgan fingerprint density at radius 3 is 2.74 bits per heavy atom. The van der Waals surface area contributed by atoms with Crippen LogP contribution in [-0.4, -0.2) is 34.7 Å². The van der Waals surface area contributed by atoms with E-state index in [1.807, 2.05) is 0 Å². The molecule has 0 bridgehead atoms. The molecule has 102 valence electrons. The predicted molar refractivity (Wildman–Crippen MR) is 63.3 cm³/mol. The predicted octanol–water partition coefficient (Wildman–Crippen LogP) is 0.258. The molecular formula is C12H13NO6. The van der Waals surface area contributed by atoms with Gasteiger partial charge in [-0.15, -0.1) is 0 Å².